The molecule has 0 fully saturated rings. The van der Waals surface area contributed by atoms with Gasteiger partial charge in [-0.05, 0) is 39.0 Å². The second kappa shape index (κ2) is 6.37. The predicted octanol–water partition coefficient (Wildman–Crippen LogP) is 2.78. The van der Waals surface area contributed by atoms with Crippen LogP contribution in [0.2, 0.25) is 0 Å². The van der Waals surface area contributed by atoms with Crippen molar-refractivity contribution in [3.8, 4) is 0 Å². The molecule has 23 heavy (non-hydrogen) atoms. The fourth-order valence-electron chi connectivity index (χ4n) is 2.17. The fourth-order valence-corrected chi connectivity index (χ4v) is 2.79. The van der Waals surface area contributed by atoms with Crippen LogP contribution in [-0.2, 0) is 4.79 Å². The lowest BCUT2D eigenvalue weighted by atomic mass is 10.2. The topological polar surface area (TPSA) is 72.2 Å². The molecule has 7 heteroatoms. The summed E-state index contributed by atoms with van der Waals surface area (Å²) in [5, 5.41) is 7.77. The van der Waals surface area contributed by atoms with E-state index in [9.17, 15) is 4.79 Å². The van der Waals surface area contributed by atoms with Crippen molar-refractivity contribution in [1.29, 1.82) is 0 Å². The van der Waals surface area contributed by atoms with Gasteiger partial charge in [0.05, 0.1) is 5.75 Å². The molecule has 3 rings (SSSR count). The molecule has 0 aliphatic heterocycles. The number of benzene rings is 1. The van der Waals surface area contributed by atoms with Crippen LogP contribution in [0.1, 0.15) is 17.0 Å². The third kappa shape index (κ3) is 3.68. The summed E-state index contributed by atoms with van der Waals surface area (Å²) in [5.41, 5.74) is 3.81. The third-order valence-corrected chi connectivity index (χ3v) is 4.10. The Morgan fingerprint density at radius 3 is 2.65 bits per heavy atom. The van der Waals surface area contributed by atoms with Crippen LogP contribution in [0.25, 0.3) is 5.78 Å². The number of nitrogens with one attached hydrogen (secondary N) is 1. The Labute approximate surface area is 138 Å². The summed E-state index contributed by atoms with van der Waals surface area (Å²) in [7, 11) is 0. The molecule has 0 saturated heterocycles. The summed E-state index contributed by atoms with van der Waals surface area (Å²) in [6.45, 7) is 5.88. The highest BCUT2D eigenvalue weighted by atomic mass is 32.2. The van der Waals surface area contributed by atoms with Crippen LogP contribution in [-0.4, -0.2) is 31.2 Å². The molecule has 0 bridgehead atoms. The molecule has 1 aromatic carbocycles. The van der Waals surface area contributed by atoms with E-state index in [0.717, 1.165) is 22.6 Å². The first-order valence-electron chi connectivity index (χ1n) is 7.21. The Hall–Kier alpha value is -2.41. The molecule has 118 valence electrons. The lowest BCUT2D eigenvalue weighted by Crippen LogP contribution is -2.14. The fraction of sp³-hybridized carbons (Fsp3) is 0.250. The third-order valence-electron chi connectivity index (χ3n) is 3.27. The first-order valence-corrected chi connectivity index (χ1v) is 8.20. The summed E-state index contributed by atoms with van der Waals surface area (Å²) >= 11 is 1.30. The normalized spacial score (nSPS) is 10.9. The molecule has 1 N–H and O–H groups in total. The van der Waals surface area contributed by atoms with Crippen molar-refractivity contribution >= 4 is 29.1 Å². The standard InChI is InChI=1S/C16H17N5OS/c1-10-4-6-13(7-5-10)18-14(22)9-23-16-19-15-17-11(2)8-12(3)21(15)20-16/h4-8H,9H2,1-3H3,(H,18,22). The number of aryl methyl sites for hydroxylation is 3. The number of hydrogen-bond donors (Lipinski definition) is 1. The summed E-state index contributed by atoms with van der Waals surface area (Å²) in [6.07, 6.45) is 0. The Morgan fingerprint density at radius 1 is 1.17 bits per heavy atom. The summed E-state index contributed by atoms with van der Waals surface area (Å²) in [5.74, 6) is 0.727. The molecule has 0 spiro atoms. The molecular formula is C16H17N5OS. The average molecular weight is 327 g/mol. The first-order chi connectivity index (χ1) is 11.0. The maximum Gasteiger partial charge on any atom is 0.253 e. The van der Waals surface area contributed by atoms with E-state index in [4.69, 9.17) is 0 Å². The van der Waals surface area contributed by atoms with Crippen molar-refractivity contribution in [3.05, 3.63) is 47.3 Å². The maximum absolute atomic E-state index is 12.0. The number of fused-ring (bicyclic) bond motifs is 1. The van der Waals surface area contributed by atoms with Crippen LogP contribution in [0.15, 0.2) is 35.5 Å². The van der Waals surface area contributed by atoms with Gasteiger partial charge in [-0.1, -0.05) is 29.5 Å². The van der Waals surface area contributed by atoms with Crippen molar-refractivity contribution in [2.45, 2.75) is 25.9 Å². The van der Waals surface area contributed by atoms with Crippen molar-refractivity contribution in [2.24, 2.45) is 0 Å². The second-order valence-electron chi connectivity index (χ2n) is 5.35. The van der Waals surface area contributed by atoms with Crippen LogP contribution < -0.4 is 5.32 Å². The number of hydrogen-bond acceptors (Lipinski definition) is 5. The van der Waals surface area contributed by atoms with Gasteiger partial charge in [-0.15, -0.1) is 5.10 Å². The van der Waals surface area contributed by atoms with E-state index in [-0.39, 0.29) is 11.7 Å². The SMILES string of the molecule is Cc1ccc(NC(=O)CSc2nc3nc(C)cc(C)n3n2)cc1. The highest BCUT2D eigenvalue weighted by Crippen LogP contribution is 2.16. The minimum atomic E-state index is -0.0847. The predicted molar refractivity (Wildman–Crippen MR) is 90.8 cm³/mol. The van der Waals surface area contributed by atoms with Crippen molar-refractivity contribution in [2.75, 3.05) is 11.1 Å². The number of rotatable bonds is 4. The lowest BCUT2D eigenvalue weighted by Gasteiger charge is -2.04. The minimum Gasteiger partial charge on any atom is -0.325 e. The van der Waals surface area contributed by atoms with Gasteiger partial charge in [0.1, 0.15) is 0 Å². The van der Waals surface area contributed by atoms with Gasteiger partial charge in [0.25, 0.3) is 5.78 Å². The quantitative estimate of drug-likeness (QED) is 0.746. The number of carbonyl (C=O) groups is 1. The van der Waals surface area contributed by atoms with Crippen LogP contribution >= 0.6 is 11.8 Å². The summed E-state index contributed by atoms with van der Waals surface area (Å²) in [6, 6.07) is 9.64. The molecule has 2 heterocycles. The molecule has 0 aliphatic rings. The zero-order chi connectivity index (χ0) is 16.4. The Kier molecular flexibility index (Phi) is 4.29. The highest BCUT2D eigenvalue weighted by molar-refractivity contribution is 7.99. The molecule has 0 atom stereocenters. The zero-order valence-electron chi connectivity index (χ0n) is 13.2. The lowest BCUT2D eigenvalue weighted by molar-refractivity contribution is -0.113. The largest absolute Gasteiger partial charge is 0.325 e. The summed E-state index contributed by atoms with van der Waals surface area (Å²) < 4.78 is 1.69. The Balaban J connectivity index is 1.64. The number of aromatic nitrogens is 4. The van der Waals surface area contributed by atoms with E-state index in [0.29, 0.717) is 10.9 Å². The average Bonchev–Trinajstić information content (AvgIpc) is 2.91. The highest BCUT2D eigenvalue weighted by Gasteiger charge is 2.10. The van der Waals surface area contributed by atoms with E-state index in [2.05, 4.69) is 20.4 Å². The molecule has 0 unspecified atom stereocenters. The molecular weight excluding hydrogens is 310 g/mol. The number of thioether (sulfide) groups is 1. The molecule has 6 nitrogen and oxygen atoms in total. The number of anilines is 1. The Morgan fingerprint density at radius 2 is 1.91 bits per heavy atom. The van der Waals surface area contributed by atoms with Gasteiger partial charge in [0.15, 0.2) is 0 Å². The van der Waals surface area contributed by atoms with E-state index in [1.165, 1.54) is 11.8 Å². The van der Waals surface area contributed by atoms with E-state index in [1.54, 1.807) is 4.52 Å². The van der Waals surface area contributed by atoms with Gasteiger partial charge in [0.2, 0.25) is 11.1 Å². The van der Waals surface area contributed by atoms with E-state index < -0.39 is 0 Å². The summed E-state index contributed by atoms with van der Waals surface area (Å²) in [4.78, 5) is 20.7. The minimum absolute atomic E-state index is 0.0847. The van der Waals surface area contributed by atoms with Crippen LogP contribution in [0.5, 0.6) is 0 Å². The van der Waals surface area contributed by atoms with Gasteiger partial charge in [0, 0.05) is 17.1 Å². The van der Waals surface area contributed by atoms with Crippen molar-refractivity contribution in [1.82, 2.24) is 19.6 Å². The Bertz CT molecular complexity index is 857. The molecule has 2 aromatic heterocycles. The van der Waals surface area contributed by atoms with Gasteiger partial charge in [-0.3, -0.25) is 4.79 Å². The second-order valence-corrected chi connectivity index (χ2v) is 6.29. The van der Waals surface area contributed by atoms with Gasteiger partial charge in [-0.25, -0.2) is 9.50 Å². The van der Waals surface area contributed by atoms with Gasteiger partial charge < -0.3 is 5.32 Å². The van der Waals surface area contributed by atoms with E-state index >= 15 is 0 Å². The van der Waals surface area contributed by atoms with E-state index in [1.807, 2.05) is 51.1 Å². The van der Waals surface area contributed by atoms with Crippen molar-refractivity contribution < 1.29 is 4.79 Å². The molecule has 0 radical (unpaired) electrons. The van der Waals surface area contributed by atoms with Crippen molar-refractivity contribution in [3.63, 3.8) is 0 Å². The molecule has 0 aliphatic carbocycles. The van der Waals surface area contributed by atoms with Crippen LogP contribution in [0.3, 0.4) is 0 Å². The van der Waals surface area contributed by atoms with Crippen LogP contribution in [0, 0.1) is 20.8 Å². The van der Waals surface area contributed by atoms with Gasteiger partial charge >= 0.3 is 0 Å². The van der Waals surface area contributed by atoms with Gasteiger partial charge in [-0.2, -0.15) is 4.98 Å². The molecule has 3 aromatic rings. The smallest absolute Gasteiger partial charge is 0.253 e. The number of amides is 1. The maximum atomic E-state index is 12.0. The number of nitrogens with zero attached hydrogens (tertiary/aromatic N) is 4. The van der Waals surface area contributed by atoms with Crippen LogP contribution in [0.4, 0.5) is 5.69 Å². The number of carbonyl (C=O) groups excluding carboxylic acids is 1. The molecule has 0 saturated carbocycles. The first kappa shape index (κ1) is 15.5. The zero-order valence-corrected chi connectivity index (χ0v) is 14.0. The molecule has 1 amide bonds. The monoisotopic (exact) mass is 327 g/mol.